The van der Waals surface area contributed by atoms with E-state index in [0.717, 1.165) is 0 Å². The van der Waals surface area contributed by atoms with Gasteiger partial charge in [-0.15, -0.1) is 0 Å². The molecule has 1 aliphatic carbocycles. The Labute approximate surface area is 81.8 Å². The van der Waals surface area contributed by atoms with E-state index in [1.165, 1.54) is 38.8 Å². The summed E-state index contributed by atoms with van der Waals surface area (Å²) in [6.45, 7) is 7.28. The molecule has 1 spiro atoms. The molecule has 0 aromatic carbocycles. The van der Waals surface area contributed by atoms with Gasteiger partial charge in [-0.2, -0.15) is 0 Å². The average Bonchev–Trinajstić information content (AvgIpc) is 2.42. The van der Waals surface area contributed by atoms with E-state index >= 15 is 0 Å². The maximum absolute atomic E-state index is 2.49. The average molecular weight is 179 g/mol. The smallest absolute Gasteiger partial charge is 0.00386 e. The first-order chi connectivity index (χ1) is 6.11. The zero-order chi connectivity index (χ0) is 9.47. The highest BCUT2D eigenvalue weighted by molar-refractivity contribution is 5.17. The van der Waals surface area contributed by atoms with E-state index < -0.39 is 0 Å². The van der Waals surface area contributed by atoms with Crippen LogP contribution in [-0.2, 0) is 0 Å². The molecule has 0 bridgehead atoms. The topological polar surface area (TPSA) is 3.24 Å². The number of likely N-dealkylation sites (tertiary alicyclic amines) is 1. The van der Waals surface area contributed by atoms with E-state index in [9.17, 15) is 0 Å². The molecule has 0 N–H and O–H groups in total. The van der Waals surface area contributed by atoms with Crippen molar-refractivity contribution in [1.29, 1.82) is 0 Å². The van der Waals surface area contributed by atoms with E-state index in [2.05, 4.69) is 25.8 Å². The largest absolute Gasteiger partial charge is 0.306 e. The Morgan fingerprint density at radius 1 is 1.15 bits per heavy atom. The number of hydrogen-bond acceptors (Lipinski definition) is 1. The predicted molar refractivity (Wildman–Crippen MR) is 56.8 cm³/mol. The maximum atomic E-state index is 2.49. The number of nitrogens with zero attached hydrogens (tertiary/aromatic N) is 1. The highest BCUT2D eigenvalue weighted by atomic mass is 15.1. The van der Waals surface area contributed by atoms with E-state index in [0.29, 0.717) is 5.41 Å². The second kappa shape index (κ2) is 3.13. The standard InChI is InChI=1S/C12H21N/c1-10-4-5-12(8-11(10)2)6-7-13(3)9-12/h4-9H2,1-3H3. The summed E-state index contributed by atoms with van der Waals surface area (Å²) in [5.74, 6) is 0. The van der Waals surface area contributed by atoms with Crippen molar-refractivity contribution in [2.24, 2.45) is 5.41 Å². The summed E-state index contributed by atoms with van der Waals surface area (Å²) >= 11 is 0. The minimum atomic E-state index is 0.665. The van der Waals surface area contributed by atoms with Gasteiger partial charge in [0.15, 0.2) is 0 Å². The molecule has 0 aromatic rings. The highest BCUT2D eigenvalue weighted by Crippen LogP contribution is 2.45. The molecule has 1 heteroatoms. The molecule has 1 unspecified atom stereocenters. The van der Waals surface area contributed by atoms with Crippen LogP contribution >= 0.6 is 0 Å². The molecule has 0 saturated carbocycles. The van der Waals surface area contributed by atoms with Crippen LogP contribution in [0.15, 0.2) is 11.1 Å². The third kappa shape index (κ3) is 1.67. The Morgan fingerprint density at radius 2 is 1.92 bits per heavy atom. The normalized spacial score (nSPS) is 36.2. The fraction of sp³-hybridized carbons (Fsp3) is 0.833. The first-order valence-corrected chi connectivity index (χ1v) is 5.45. The zero-order valence-electron chi connectivity index (χ0n) is 9.19. The molecule has 2 aliphatic rings. The monoisotopic (exact) mass is 179 g/mol. The van der Waals surface area contributed by atoms with Crippen LogP contribution in [-0.4, -0.2) is 25.0 Å². The van der Waals surface area contributed by atoms with Crippen molar-refractivity contribution in [3.05, 3.63) is 11.1 Å². The molecular formula is C12H21N. The Kier molecular flexibility index (Phi) is 2.23. The van der Waals surface area contributed by atoms with Gasteiger partial charge >= 0.3 is 0 Å². The van der Waals surface area contributed by atoms with Gasteiger partial charge in [0, 0.05) is 6.54 Å². The number of allylic oxidation sites excluding steroid dienone is 2. The molecule has 2 rings (SSSR count). The van der Waals surface area contributed by atoms with Crippen LogP contribution in [0.5, 0.6) is 0 Å². The van der Waals surface area contributed by atoms with Crippen LogP contribution in [0.1, 0.15) is 39.5 Å². The van der Waals surface area contributed by atoms with Crippen molar-refractivity contribution in [3.63, 3.8) is 0 Å². The number of rotatable bonds is 0. The predicted octanol–water partition coefficient (Wildman–Crippen LogP) is 2.83. The summed E-state index contributed by atoms with van der Waals surface area (Å²) in [5, 5.41) is 0. The van der Waals surface area contributed by atoms with E-state index in [1.54, 1.807) is 11.1 Å². The lowest BCUT2D eigenvalue weighted by Gasteiger charge is -2.34. The summed E-state index contributed by atoms with van der Waals surface area (Å²) < 4.78 is 0. The lowest BCUT2D eigenvalue weighted by molar-refractivity contribution is 0.246. The van der Waals surface area contributed by atoms with Crippen molar-refractivity contribution in [3.8, 4) is 0 Å². The van der Waals surface area contributed by atoms with Crippen molar-refractivity contribution < 1.29 is 0 Å². The minimum Gasteiger partial charge on any atom is -0.306 e. The lowest BCUT2D eigenvalue weighted by Crippen LogP contribution is -2.28. The molecule has 1 heterocycles. The lowest BCUT2D eigenvalue weighted by atomic mass is 9.71. The molecule has 74 valence electrons. The van der Waals surface area contributed by atoms with Crippen LogP contribution < -0.4 is 0 Å². The van der Waals surface area contributed by atoms with Crippen molar-refractivity contribution in [1.82, 2.24) is 4.90 Å². The van der Waals surface area contributed by atoms with Gasteiger partial charge in [0.1, 0.15) is 0 Å². The van der Waals surface area contributed by atoms with Gasteiger partial charge in [0.05, 0.1) is 0 Å². The Hall–Kier alpha value is -0.300. The summed E-state index contributed by atoms with van der Waals surface area (Å²) in [6.07, 6.45) is 5.57. The minimum absolute atomic E-state index is 0.665. The zero-order valence-corrected chi connectivity index (χ0v) is 9.19. The molecule has 0 radical (unpaired) electrons. The van der Waals surface area contributed by atoms with Gasteiger partial charge in [-0.1, -0.05) is 11.1 Å². The Bertz CT molecular complexity index is 242. The van der Waals surface area contributed by atoms with Gasteiger partial charge < -0.3 is 4.90 Å². The van der Waals surface area contributed by atoms with Gasteiger partial charge in [0.2, 0.25) is 0 Å². The van der Waals surface area contributed by atoms with Crippen LogP contribution in [0.25, 0.3) is 0 Å². The van der Waals surface area contributed by atoms with E-state index in [-0.39, 0.29) is 0 Å². The first kappa shape index (κ1) is 9.26. The summed E-state index contributed by atoms with van der Waals surface area (Å²) in [7, 11) is 2.26. The molecule has 13 heavy (non-hydrogen) atoms. The van der Waals surface area contributed by atoms with Crippen LogP contribution in [0.4, 0.5) is 0 Å². The van der Waals surface area contributed by atoms with Gasteiger partial charge in [-0.05, 0) is 58.5 Å². The summed E-state index contributed by atoms with van der Waals surface area (Å²) in [5.41, 5.74) is 3.99. The molecule has 1 aliphatic heterocycles. The third-order valence-corrected chi connectivity index (χ3v) is 4.03. The fourth-order valence-electron chi connectivity index (χ4n) is 2.97. The first-order valence-electron chi connectivity index (χ1n) is 5.45. The third-order valence-electron chi connectivity index (χ3n) is 4.03. The summed E-state index contributed by atoms with van der Waals surface area (Å²) in [6, 6.07) is 0. The van der Waals surface area contributed by atoms with E-state index in [4.69, 9.17) is 0 Å². The van der Waals surface area contributed by atoms with Crippen LogP contribution in [0, 0.1) is 5.41 Å². The van der Waals surface area contributed by atoms with Crippen LogP contribution in [0.2, 0.25) is 0 Å². The quantitative estimate of drug-likeness (QED) is 0.517. The van der Waals surface area contributed by atoms with E-state index in [1.807, 2.05) is 0 Å². The Balaban J connectivity index is 2.12. The van der Waals surface area contributed by atoms with Gasteiger partial charge in [0.25, 0.3) is 0 Å². The van der Waals surface area contributed by atoms with Gasteiger partial charge in [-0.3, -0.25) is 0 Å². The van der Waals surface area contributed by atoms with Crippen molar-refractivity contribution in [2.75, 3.05) is 20.1 Å². The molecule has 1 saturated heterocycles. The molecule has 1 fully saturated rings. The SMILES string of the molecule is CC1=C(C)CC2(CC1)CCN(C)C2. The maximum Gasteiger partial charge on any atom is 0.00386 e. The molecule has 1 nitrogen and oxygen atoms in total. The molecule has 1 atom stereocenters. The second-order valence-electron chi connectivity index (χ2n) is 5.23. The van der Waals surface area contributed by atoms with Crippen molar-refractivity contribution >= 4 is 0 Å². The molecule has 0 amide bonds. The molecule has 0 aromatic heterocycles. The number of hydrogen-bond donors (Lipinski definition) is 0. The second-order valence-corrected chi connectivity index (χ2v) is 5.23. The highest BCUT2D eigenvalue weighted by Gasteiger charge is 2.38. The van der Waals surface area contributed by atoms with Crippen LogP contribution in [0.3, 0.4) is 0 Å². The van der Waals surface area contributed by atoms with Crippen molar-refractivity contribution in [2.45, 2.75) is 39.5 Å². The fourth-order valence-corrected chi connectivity index (χ4v) is 2.97. The molecular weight excluding hydrogens is 158 g/mol. The van der Waals surface area contributed by atoms with Gasteiger partial charge in [-0.25, -0.2) is 0 Å². The Morgan fingerprint density at radius 3 is 2.46 bits per heavy atom. The summed E-state index contributed by atoms with van der Waals surface area (Å²) in [4.78, 5) is 2.49.